The maximum atomic E-state index is 11.8. The number of unbranched alkanes of at least 4 members (excludes halogenated alkanes) is 1. The number of rotatable bonds is 7. The summed E-state index contributed by atoms with van der Waals surface area (Å²) in [5, 5.41) is 20.3. The number of hydrogen-bond acceptors (Lipinski definition) is 5. The van der Waals surface area contributed by atoms with Crippen molar-refractivity contribution in [3.63, 3.8) is 0 Å². The van der Waals surface area contributed by atoms with Gasteiger partial charge in [0.05, 0.1) is 18.1 Å². The fraction of sp³-hybridized carbons (Fsp3) is 0.556. The largest absolute Gasteiger partial charge is 0.454 e. The Morgan fingerprint density at radius 1 is 1.30 bits per heavy atom. The molecule has 2 rings (SSSR count). The number of Topliss-reactive ketones (excluding diaryl/α,β-unsaturated/α-hetero) is 1. The summed E-state index contributed by atoms with van der Waals surface area (Å²) < 4.78 is 4.99. The van der Waals surface area contributed by atoms with Crippen molar-refractivity contribution in [1.82, 2.24) is 0 Å². The van der Waals surface area contributed by atoms with Crippen molar-refractivity contribution in [3.8, 4) is 0 Å². The van der Waals surface area contributed by atoms with E-state index in [1.165, 1.54) is 12.5 Å². The lowest BCUT2D eigenvalue weighted by atomic mass is 9.92. The Labute approximate surface area is 136 Å². The van der Waals surface area contributed by atoms with E-state index in [0.29, 0.717) is 6.42 Å². The van der Waals surface area contributed by atoms with Crippen molar-refractivity contribution in [2.24, 2.45) is 5.92 Å². The topological polar surface area (TPSA) is 83.8 Å². The highest BCUT2D eigenvalue weighted by atomic mass is 16.5. The molecule has 1 aromatic carbocycles. The molecule has 0 aromatic heterocycles. The van der Waals surface area contributed by atoms with Gasteiger partial charge >= 0.3 is 5.97 Å². The molecule has 0 amide bonds. The monoisotopic (exact) mass is 320 g/mol. The highest BCUT2D eigenvalue weighted by molar-refractivity contribution is 5.88. The second-order valence-corrected chi connectivity index (χ2v) is 6.14. The normalized spacial score (nSPS) is 25.3. The quantitative estimate of drug-likeness (QED) is 0.589. The standard InChI is InChI=1S/C18H24O5/c1-12(19)23-18-16(22)11-15(21)17(18)14(20)10-6-5-9-13-7-3-2-4-8-13/h2-4,7-8,14-15,17-18,20-21H,5-6,9-11H2,1H3/t14-,15?,17?,18?/m1/s1. The van der Waals surface area contributed by atoms with Crippen molar-refractivity contribution in [2.45, 2.75) is 57.3 Å². The summed E-state index contributed by atoms with van der Waals surface area (Å²) in [6.07, 6.45) is 0.200. The van der Waals surface area contributed by atoms with E-state index in [1.807, 2.05) is 18.2 Å². The summed E-state index contributed by atoms with van der Waals surface area (Å²) in [6, 6.07) is 10.1. The Kier molecular flexibility index (Phi) is 6.30. The molecule has 4 atom stereocenters. The second-order valence-electron chi connectivity index (χ2n) is 6.14. The molecule has 1 aromatic rings. The predicted octanol–water partition coefficient (Wildman–Crippen LogP) is 1.64. The van der Waals surface area contributed by atoms with Gasteiger partial charge in [0, 0.05) is 13.3 Å². The van der Waals surface area contributed by atoms with Crippen molar-refractivity contribution < 1.29 is 24.5 Å². The molecule has 0 radical (unpaired) electrons. The number of aliphatic hydroxyl groups excluding tert-OH is 2. The Balaban J connectivity index is 1.82. The number of aryl methyl sites for hydroxylation is 1. The van der Waals surface area contributed by atoms with E-state index in [0.717, 1.165) is 19.3 Å². The zero-order chi connectivity index (χ0) is 16.8. The maximum absolute atomic E-state index is 11.8. The molecule has 3 unspecified atom stereocenters. The first-order valence-corrected chi connectivity index (χ1v) is 8.09. The highest BCUT2D eigenvalue weighted by Crippen LogP contribution is 2.31. The summed E-state index contributed by atoms with van der Waals surface area (Å²) in [7, 11) is 0. The molecule has 1 saturated carbocycles. The number of ether oxygens (including phenoxy) is 1. The Morgan fingerprint density at radius 2 is 2.00 bits per heavy atom. The average Bonchev–Trinajstić information content (AvgIpc) is 2.78. The Hall–Kier alpha value is -1.72. The molecule has 1 fully saturated rings. The van der Waals surface area contributed by atoms with Crippen molar-refractivity contribution in [1.29, 1.82) is 0 Å². The third-order valence-electron chi connectivity index (χ3n) is 4.32. The third kappa shape index (κ3) is 4.88. The van der Waals surface area contributed by atoms with Crippen molar-refractivity contribution in [3.05, 3.63) is 35.9 Å². The molecular weight excluding hydrogens is 296 g/mol. The number of esters is 1. The van der Waals surface area contributed by atoms with Gasteiger partial charge in [-0.2, -0.15) is 0 Å². The number of hydrogen-bond donors (Lipinski definition) is 2. The van der Waals surface area contributed by atoms with E-state index in [1.54, 1.807) is 0 Å². The summed E-state index contributed by atoms with van der Waals surface area (Å²) in [6.45, 7) is 1.22. The zero-order valence-corrected chi connectivity index (χ0v) is 13.4. The van der Waals surface area contributed by atoms with Gasteiger partial charge in [-0.1, -0.05) is 36.8 Å². The second kappa shape index (κ2) is 8.22. The molecule has 126 valence electrons. The van der Waals surface area contributed by atoms with Crippen LogP contribution < -0.4 is 0 Å². The van der Waals surface area contributed by atoms with Gasteiger partial charge in [-0.3, -0.25) is 9.59 Å². The van der Waals surface area contributed by atoms with E-state index >= 15 is 0 Å². The van der Waals surface area contributed by atoms with Gasteiger partial charge in [0.1, 0.15) is 0 Å². The molecule has 0 heterocycles. The van der Waals surface area contributed by atoms with Gasteiger partial charge in [0.15, 0.2) is 11.9 Å². The fourth-order valence-electron chi connectivity index (χ4n) is 3.18. The maximum Gasteiger partial charge on any atom is 0.303 e. The SMILES string of the molecule is CC(=O)OC1C(=O)CC(O)C1[C@H](O)CCCCc1ccccc1. The fourth-order valence-corrected chi connectivity index (χ4v) is 3.18. The van der Waals surface area contributed by atoms with Crippen LogP contribution in [0, 0.1) is 5.92 Å². The van der Waals surface area contributed by atoms with Crippen LogP contribution >= 0.6 is 0 Å². The van der Waals surface area contributed by atoms with E-state index < -0.39 is 30.2 Å². The summed E-state index contributed by atoms with van der Waals surface area (Å²) in [5.74, 6) is -1.61. The summed E-state index contributed by atoms with van der Waals surface area (Å²) >= 11 is 0. The van der Waals surface area contributed by atoms with E-state index in [2.05, 4.69) is 12.1 Å². The van der Waals surface area contributed by atoms with Crippen LogP contribution in [0.3, 0.4) is 0 Å². The first-order chi connectivity index (χ1) is 11.0. The first kappa shape index (κ1) is 17.6. The molecule has 5 heteroatoms. The Bertz CT molecular complexity index is 527. The summed E-state index contributed by atoms with van der Waals surface area (Å²) in [5.41, 5.74) is 1.25. The predicted molar refractivity (Wildman–Crippen MR) is 84.7 cm³/mol. The number of ketones is 1. The highest BCUT2D eigenvalue weighted by Gasteiger charge is 2.47. The van der Waals surface area contributed by atoms with Gasteiger partial charge in [0.25, 0.3) is 0 Å². The zero-order valence-electron chi connectivity index (χ0n) is 13.4. The minimum atomic E-state index is -1.02. The number of benzene rings is 1. The van der Waals surface area contributed by atoms with Gasteiger partial charge in [-0.15, -0.1) is 0 Å². The molecule has 0 bridgehead atoms. The van der Waals surface area contributed by atoms with Gasteiger partial charge < -0.3 is 14.9 Å². The molecule has 2 N–H and O–H groups in total. The minimum Gasteiger partial charge on any atom is -0.454 e. The number of carbonyl (C=O) groups excluding carboxylic acids is 2. The van der Waals surface area contributed by atoms with E-state index in [9.17, 15) is 19.8 Å². The molecule has 1 aliphatic rings. The third-order valence-corrected chi connectivity index (χ3v) is 4.32. The first-order valence-electron chi connectivity index (χ1n) is 8.09. The van der Waals surface area contributed by atoms with Crippen LogP contribution in [0.4, 0.5) is 0 Å². The Morgan fingerprint density at radius 3 is 2.65 bits per heavy atom. The minimum absolute atomic E-state index is 0.0658. The lowest BCUT2D eigenvalue weighted by Crippen LogP contribution is -2.38. The van der Waals surface area contributed by atoms with Crippen LogP contribution in [-0.4, -0.2) is 40.3 Å². The summed E-state index contributed by atoms with van der Waals surface area (Å²) in [4.78, 5) is 22.9. The van der Waals surface area contributed by atoms with Gasteiger partial charge in [0.2, 0.25) is 0 Å². The molecule has 0 aliphatic heterocycles. The van der Waals surface area contributed by atoms with Crippen LogP contribution in [-0.2, 0) is 20.7 Å². The van der Waals surface area contributed by atoms with Gasteiger partial charge in [-0.05, 0) is 24.8 Å². The van der Waals surface area contributed by atoms with E-state index in [-0.39, 0.29) is 12.2 Å². The van der Waals surface area contributed by atoms with Crippen LogP contribution in [0.25, 0.3) is 0 Å². The molecule has 23 heavy (non-hydrogen) atoms. The van der Waals surface area contributed by atoms with Crippen LogP contribution in [0.5, 0.6) is 0 Å². The van der Waals surface area contributed by atoms with Crippen LogP contribution in [0.15, 0.2) is 30.3 Å². The molecule has 5 nitrogen and oxygen atoms in total. The lowest BCUT2D eigenvalue weighted by molar-refractivity contribution is -0.156. The van der Waals surface area contributed by atoms with Crippen molar-refractivity contribution in [2.75, 3.05) is 0 Å². The average molecular weight is 320 g/mol. The molecule has 0 spiro atoms. The van der Waals surface area contributed by atoms with Crippen LogP contribution in [0.1, 0.15) is 38.2 Å². The molecule has 0 saturated heterocycles. The number of carbonyl (C=O) groups is 2. The van der Waals surface area contributed by atoms with Crippen molar-refractivity contribution >= 4 is 11.8 Å². The van der Waals surface area contributed by atoms with Crippen LogP contribution in [0.2, 0.25) is 0 Å². The van der Waals surface area contributed by atoms with Gasteiger partial charge in [-0.25, -0.2) is 0 Å². The smallest absolute Gasteiger partial charge is 0.303 e. The molecular formula is C18H24O5. The lowest BCUT2D eigenvalue weighted by Gasteiger charge is -2.25. The van der Waals surface area contributed by atoms with E-state index in [4.69, 9.17) is 4.74 Å². The molecule has 1 aliphatic carbocycles. The number of aliphatic hydroxyl groups is 2.